The van der Waals surface area contributed by atoms with Gasteiger partial charge in [0.25, 0.3) is 0 Å². The van der Waals surface area contributed by atoms with Gasteiger partial charge < -0.3 is 14.2 Å². The van der Waals surface area contributed by atoms with E-state index in [1.165, 1.54) is 122 Å². The molecule has 6 nitrogen and oxygen atoms in total. The van der Waals surface area contributed by atoms with Gasteiger partial charge in [-0.3, -0.25) is 14.4 Å². The summed E-state index contributed by atoms with van der Waals surface area (Å²) in [6.45, 7) is 6.48. The molecule has 66 heavy (non-hydrogen) atoms. The van der Waals surface area contributed by atoms with Crippen LogP contribution < -0.4 is 0 Å². The molecule has 0 radical (unpaired) electrons. The van der Waals surface area contributed by atoms with Crippen LogP contribution >= 0.6 is 0 Å². The summed E-state index contributed by atoms with van der Waals surface area (Å²) in [5.74, 6) is -0.911. The molecule has 0 bridgehead atoms. The lowest BCUT2D eigenvalue weighted by Gasteiger charge is -2.18. The van der Waals surface area contributed by atoms with E-state index >= 15 is 0 Å². The van der Waals surface area contributed by atoms with Crippen molar-refractivity contribution in [3.05, 3.63) is 72.9 Å². The summed E-state index contributed by atoms with van der Waals surface area (Å²) in [6.07, 6.45) is 68.8. The van der Waals surface area contributed by atoms with Crippen LogP contribution in [0.1, 0.15) is 271 Å². The lowest BCUT2D eigenvalue weighted by molar-refractivity contribution is -0.167. The second-order valence-electron chi connectivity index (χ2n) is 18.5. The first-order valence-electron chi connectivity index (χ1n) is 27.9. The minimum Gasteiger partial charge on any atom is -0.462 e. The first-order chi connectivity index (χ1) is 32.5. The van der Waals surface area contributed by atoms with Crippen LogP contribution in [0.4, 0.5) is 0 Å². The van der Waals surface area contributed by atoms with E-state index in [0.29, 0.717) is 19.3 Å². The van der Waals surface area contributed by atoms with Crippen LogP contribution in [0.2, 0.25) is 0 Å². The number of ether oxygens (including phenoxy) is 3. The zero-order chi connectivity index (χ0) is 47.9. The molecule has 0 saturated heterocycles. The summed E-state index contributed by atoms with van der Waals surface area (Å²) in [4.78, 5) is 38.1. The first kappa shape index (κ1) is 62.8. The molecule has 0 aliphatic heterocycles. The summed E-state index contributed by atoms with van der Waals surface area (Å²) in [5.41, 5.74) is 0. The molecule has 6 heteroatoms. The van der Waals surface area contributed by atoms with Crippen LogP contribution in [0.25, 0.3) is 0 Å². The quantitative estimate of drug-likeness (QED) is 0.0262. The van der Waals surface area contributed by atoms with E-state index in [-0.39, 0.29) is 31.1 Å². The van der Waals surface area contributed by atoms with Crippen molar-refractivity contribution in [1.29, 1.82) is 0 Å². The molecule has 0 aromatic rings. The molecule has 0 N–H and O–H groups in total. The Bertz CT molecular complexity index is 1240. The standard InChI is InChI=1S/C60H104O6/c1-4-7-10-13-16-19-22-25-28-29-30-31-33-35-38-41-44-47-50-53-59(62)65-56-57(55-64-58(61)52-49-46-43-40-37-34-27-24-21-18-15-12-9-6-3)66-60(63)54-51-48-45-42-39-36-32-26-23-20-17-14-11-8-5-2/h8,11,16-17,19-20,24-28,32,57H,4-7,9-10,12-15,18,21-23,29-31,33-56H2,1-3H3/b11-8+,19-16+,20-17+,27-24+,28-25+,32-26+/t57-/m1/s1. The number of carbonyl (C=O) groups is 3. The van der Waals surface area contributed by atoms with Crippen molar-refractivity contribution in [2.24, 2.45) is 0 Å². The molecule has 0 aromatic carbocycles. The fourth-order valence-corrected chi connectivity index (χ4v) is 7.72. The molecule has 0 unspecified atom stereocenters. The van der Waals surface area contributed by atoms with Crippen molar-refractivity contribution in [2.45, 2.75) is 277 Å². The third-order valence-corrected chi connectivity index (χ3v) is 11.9. The maximum atomic E-state index is 12.8. The summed E-state index contributed by atoms with van der Waals surface area (Å²) >= 11 is 0. The highest BCUT2D eigenvalue weighted by atomic mass is 16.6. The normalized spacial score (nSPS) is 12.6. The Hall–Kier alpha value is -3.15. The number of hydrogen-bond acceptors (Lipinski definition) is 6. The third kappa shape index (κ3) is 51.8. The van der Waals surface area contributed by atoms with Crippen LogP contribution in [0.3, 0.4) is 0 Å². The largest absolute Gasteiger partial charge is 0.462 e. The van der Waals surface area contributed by atoms with Crippen LogP contribution in [0.5, 0.6) is 0 Å². The molecule has 380 valence electrons. The second kappa shape index (κ2) is 54.5. The Balaban J connectivity index is 4.40. The number of hydrogen-bond donors (Lipinski definition) is 0. The van der Waals surface area contributed by atoms with E-state index in [1.807, 2.05) is 0 Å². The number of allylic oxidation sites excluding steroid dienone is 12. The minimum atomic E-state index is -0.789. The maximum absolute atomic E-state index is 12.8. The fraction of sp³-hybridized carbons (Fsp3) is 0.750. The van der Waals surface area contributed by atoms with Gasteiger partial charge in [0.05, 0.1) is 0 Å². The van der Waals surface area contributed by atoms with Gasteiger partial charge >= 0.3 is 17.9 Å². The van der Waals surface area contributed by atoms with Crippen LogP contribution in [-0.2, 0) is 28.6 Å². The van der Waals surface area contributed by atoms with E-state index in [1.54, 1.807) is 0 Å². The third-order valence-electron chi connectivity index (χ3n) is 11.9. The van der Waals surface area contributed by atoms with Gasteiger partial charge in [0, 0.05) is 19.3 Å². The highest BCUT2D eigenvalue weighted by molar-refractivity contribution is 5.71. The van der Waals surface area contributed by atoms with Crippen molar-refractivity contribution in [3.8, 4) is 0 Å². The first-order valence-corrected chi connectivity index (χ1v) is 27.9. The lowest BCUT2D eigenvalue weighted by atomic mass is 10.1. The predicted molar refractivity (Wildman–Crippen MR) is 284 cm³/mol. The van der Waals surface area contributed by atoms with Crippen molar-refractivity contribution < 1.29 is 28.6 Å². The molecule has 0 heterocycles. The maximum Gasteiger partial charge on any atom is 0.306 e. The Morgan fingerprint density at radius 1 is 0.318 bits per heavy atom. The molecule has 0 fully saturated rings. The molecule has 0 saturated carbocycles. The van der Waals surface area contributed by atoms with Gasteiger partial charge in [-0.1, -0.05) is 216 Å². The number of rotatable bonds is 50. The van der Waals surface area contributed by atoms with Gasteiger partial charge in [-0.2, -0.15) is 0 Å². The van der Waals surface area contributed by atoms with Crippen molar-refractivity contribution in [2.75, 3.05) is 13.2 Å². The van der Waals surface area contributed by atoms with Gasteiger partial charge in [-0.05, 0) is 109 Å². The van der Waals surface area contributed by atoms with Crippen LogP contribution in [0.15, 0.2) is 72.9 Å². The highest BCUT2D eigenvalue weighted by Crippen LogP contribution is 2.15. The van der Waals surface area contributed by atoms with E-state index in [0.717, 1.165) is 109 Å². The van der Waals surface area contributed by atoms with Crippen molar-refractivity contribution in [3.63, 3.8) is 0 Å². The van der Waals surface area contributed by atoms with Gasteiger partial charge in [0.15, 0.2) is 6.10 Å². The molecule has 0 spiro atoms. The average Bonchev–Trinajstić information content (AvgIpc) is 3.31. The summed E-state index contributed by atoms with van der Waals surface area (Å²) < 4.78 is 16.8. The summed E-state index contributed by atoms with van der Waals surface area (Å²) in [7, 11) is 0. The van der Waals surface area contributed by atoms with E-state index in [9.17, 15) is 14.4 Å². The van der Waals surface area contributed by atoms with Crippen LogP contribution in [-0.4, -0.2) is 37.2 Å². The lowest BCUT2D eigenvalue weighted by Crippen LogP contribution is -2.30. The Morgan fingerprint density at radius 3 is 0.970 bits per heavy atom. The Kier molecular flexibility index (Phi) is 51.9. The summed E-state index contributed by atoms with van der Waals surface area (Å²) in [6, 6.07) is 0. The van der Waals surface area contributed by atoms with Gasteiger partial charge in [0.2, 0.25) is 0 Å². The minimum absolute atomic E-state index is 0.0870. The monoisotopic (exact) mass is 921 g/mol. The van der Waals surface area contributed by atoms with Crippen LogP contribution in [0, 0.1) is 0 Å². The molecule has 1 atom stereocenters. The average molecular weight is 921 g/mol. The molecular weight excluding hydrogens is 817 g/mol. The van der Waals surface area contributed by atoms with Gasteiger partial charge in [-0.15, -0.1) is 0 Å². The Labute approximate surface area is 408 Å². The Morgan fingerprint density at radius 2 is 0.591 bits per heavy atom. The molecular formula is C60H104O6. The topological polar surface area (TPSA) is 78.9 Å². The van der Waals surface area contributed by atoms with E-state index < -0.39 is 6.10 Å². The second-order valence-corrected chi connectivity index (χ2v) is 18.5. The SMILES string of the molecule is CC/C=C/C/C=C/C/C=C/CCCCCCCC(=O)O[C@H](COC(=O)CCCCCCC/C=C/CCCCCCC)COC(=O)CCCCCCCCCCC/C=C/C/C=C/CCCCC. The molecule has 0 amide bonds. The van der Waals surface area contributed by atoms with Crippen molar-refractivity contribution in [1.82, 2.24) is 0 Å². The molecule has 0 aromatic heterocycles. The zero-order valence-corrected chi connectivity index (χ0v) is 43.4. The highest BCUT2D eigenvalue weighted by Gasteiger charge is 2.19. The van der Waals surface area contributed by atoms with Crippen molar-refractivity contribution >= 4 is 17.9 Å². The number of unbranched alkanes of at least 4 members (excludes halogenated alkanes) is 27. The molecule has 0 rings (SSSR count). The van der Waals surface area contributed by atoms with Gasteiger partial charge in [-0.25, -0.2) is 0 Å². The van der Waals surface area contributed by atoms with E-state index in [4.69, 9.17) is 14.2 Å². The zero-order valence-electron chi connectivity index (χ0n) is 43.4. The van der Waals surface area contributed by atoms with Gasteiger partial charge in [0.1, 0.15) is 13.2 Å². The molecule has 0 aliphatic rings. The molecule has 0 aliphatic carbocycles. The van der Waals surface area contributed by atoms with E-state index in [2.05, 4.69) is 93.7 Å². The fourth-order valence-electron chi connectivity index (χ4n) is 7.72. The smallest absolute Gasteiger partial charge is 0.306 e. The summed E-state index contributed by atoms with van der Waals surface area (Å²) in [5, 5.41) is 0. The predicted octanol–water partition coefficient (Wildman–Crippen LogP) is 18.6. The number of esters is 3. The number of carbonyl (C=O) groups excluding carboxylic acids is 3.